The van der Waals surface area contributed by atoms with E-state index < -0.39 is 5.82 Å². The largest absolute Gasteiger partial charge is 0.381 e. The van der Waals surface area contributed by atoms with Crippen molar-refractivity contribution < 1.29 is 9.13 Å². The van der Waals surface area contributed by atoms with Gasteiger partial charge >= 0.3 is 0 Å². The van der Waals surface area contributed by atoms with Crippen LogP contribution >= 0.6 is 23.2 Å². The summed E-state index contributed by atoms with van der Waals surface area (Å²) in [6.45, 7) is 10.2. The molecule has 0 saturated carbocycles. The van der Waals surface area contributed by atoms with Crippen LogP contribution in [-0.2, 0) is 4.74 Å². The van der Waals surface area contributed by atoms with Crippen LogP contribution in [0.2, 0.25) is 10.0 Å². The maximum absolute atomic E-state index is 13.9. The smallest absolute Gasteiger partial charge is 0.141 e. The quantitative estimate of drug-likeness (QED) is 0.208. The first-order chi connectivity index (χ1) is 21.6. The van der Waals surface area contributed by atoms with E-state index in [4.69, 9.17) is 27.9 Å². The summed E-state index contributed by atoms with van der Waals surface area (Å²) in [7, 11) is 0. The Morgan fingerprint density at radius 3 is 2.47 bits per heavy atom. The van der Waals surface area contributed by atoms with Crippen LogP contribution in [-0.4, -0.2) is 56.7 Å². The lowest BCUT2D eigenvalue weighted by atomic mass is 9.89. The SMILES string of the molecule is CC(C)(C)N1CCC(n2cc(C(Nc3cc(Cl)c4ncc(C#N)c(Nc5ccc(F)c(Cl)c5)c4c3)C3CCOCC3)nn2)CC1. The minimum atomic E-state index is -0.525. The number of pyridine rings is 1. The fraction of sp³-hybridized carbons (Fsp3) is 0.455. The minimum Gasteiger partial charge on any atom is -0.381 e. The highest BCUT2D eigenvalue weighted by Crippen LogP contribution is 2.39. The molecule has 2 aliphatic heterocycles. The molecular formula is C33H37Cl2FN8O. The Kier molecular flexibility index (Phi) is 9.16. The summed E-state index contributed by atoms with van der Waals surface area (Å²) in [5.41, 5.74) is 3.68. The van der Waals surface area contributed by atoms with E-state index in [0.717, 1.165) is 50.2 Å². The average Bonchev–Trinajstić information content (AvgIpc) is 3.52. The topological polar surface area (TPSA) is 104 Å². The van der Waals surface area contributed by atoms with E-state index in [1.807, 2.05) is 16.8 Å². The van der Waals surface area contributed by atoms with Gasteiger partial charge in [-0.1, -0.05) is 28.4 Å². The number of anilines is 3. The van der Waals surface area contributed by atoms with Crippen molar-refractivity contribution in [3.63, 3.8) is 0 Å². The number of ether oxygens (including phenoxy) is 1. The summed E-state index contributed by atoms with van der Waals surface area (Å²) in [6, 6.07) is 10.5. The lowest BCUT2D eigenvalue weighted by molar-refractivity contribution is 0.0601. The fourth-order valence-corrected chi connectivity index (χ4v) is 6.80. The lowest BCUT2D eigenvalue weighted by Gasteiger charge is -2.40. The number of nitrogens with zero attached hydrogens (tertiary/aromatic N) is 6. The van der Waals surface area contributed by atoms with Crippen LogP contribution in [0.15, 0.2) is 42.7 Å². The lowest BCUT2D eigenvalue weighted by Crippen LogP contribution is -2.46. The standard InChI is InChI=1S/C33H37Cl2FN8O/c1-33(2,3)43-10-6-24(7-11-43)44-19-29(41-42-44)31(20-8-12-45-13-9-20)40-23-14-25-30(39-22-4-5-28(36)26(34)15-22)21(17-37)18-38-32(25)27(35)16-23/h4-5,14-16,18-20,24,31,40H,6-13H2,1-3H3,(H,38,39). The van der Waals surface area contributed by atoms with Crippen LogP contribution < -0.4 is 10.6 Å². The zero-order valence-electron chi connectivity index (χ0n) is 25.7. The van der Waals surface area contributed by atoms with E-state index in [-0.39, 0.29) is 22.5 Å². The highest BCUT2D eigenvalue weighted by atomic mass is 35.5. The zero-order chi connectivity index (χ0) is 31.7. The Balaban J connectivity index is 1.32. The molecule has 236 valence electrons. The second-order valence-corrected chi connectivity index (χ2v) is 13.7. The molecule has 2 N–H and O–H groups in total. The second-order valence-electron chi connectivity index (χ2n) is 12.9. The van der Waals surface area contributed by atoms with Gasteiger partial charge in [0, 0.05) is 54.8 Å². The molecule has 1 unspecified atom stereocenters. The van der Waals surface area contributed by atoms with Crippen LogP contribution in [0, 0.1) is 23.1 Å². The van der Waals surface area contributed by atoms with E-state index in [9.17, 15) is 9.65 Å². The van der Waals surface area contributed by atoms with Crippen LogP contribution in [0.25, 0.3) is 10.9 Å². The Hall–Kier alpha value is -3.49. The minimum absolute atomic E-state index is 0.0237. The van der Waals surface area contributed by atoms with Gasteiger partial charge in [0.15, 0.2) is 0 Å². The molecule has 0 aliphatic carbocycles. The Labute approximate surface area is 272 Å². The van der Waals surface area contributed by atoms with Gasteiger partial charge < -0.3 is 15.4 Å². The van der Waals surface area contributed by atoms with Crippen molar-refractivity contribution in [2.24, 2.45) is 5.92 Å². The number of likely N-dealkylation sites (tertiary alicyclic amines) is 1. The van der Waals surface area contributed by atoms with Gasteiger partial charge in [-0.2, -0.15) is 5.26 Å². The number of nitriles is 1. The number of piperidine rings is 1. The van der Waals surface area contributed by atoms with Crippen LogP contribution in [0.1, 0.15) is 69.8 Å². The van der Waals surface area contributed by atoms with E-state index >= 15 is 0 Å². The molecule has 2 aromatic heterocycles. The number of halogens is 3. The Bertz CT molecular complexity index is 1720. The second kappa shape index (κ2) is 13.1. The normalized spacial score (nSPS) is 17.7. The van der Waals surface area contributed by atoms with Crippen molar-refractivity contribution in [2.45, 2.75) is 64.1 Å². The number of hydrogen-bond acceptors (Lipinski definition) is 8. The molecule has 4 heterocycles. The highest BCUT2D eigenvalue weighted by molar-refractivity contribution is 6.36. The molecule has 0 bridgehead atoms. The van der Waals surface area contributed by atoms with Gasteiger partial charge in [0.25, 0.3) is 0 Å². The van der Waals surface area contributed by atoms with Crippen molar-refractivity contribution in [1.82, 2.24) is 24.9 Å². The third kappa shape index (κ3) is 6.87. The first kappa shape index (κ1) is 31.5. The first-order valence-corrected chi connectivity index (χ1v) is 16.1. The maximum Gasteiger partial charge on any atom is 0.141 e. The predicted molar refractivity (Wildman–Crippen MR) is 176 cm³/mol. The number of fused-ring (bicyclic) bond motifs is 1. The molecule has 0 spiro atoms. The van der Waals surface area contributed by atoms with Crippen molar-refractivity contribution in [3.05, 3.63) is 69.8 Å². The van der Waals surface area contributed by atoms with Crippen LogP contribution in [0.4, 0.5) is 21.5 Å². The number of aromatic nitrogens is 4. The van der Waals surface area contributed by atoms with Crippen molar-refractivity contribution in [3.8, 4) is 6.07 Å². The first-order valence-electron chi connectivity index (χ1n) is 15.4. The van der Waals surface area contributed by atoms with E-state index in [0.29, 0.717) is 52.1 Å². The van der Waals surface area contributed by atoms with Gasteiger partial charge in [-0.3, -0.25) is 9.88 Å². The highest BCUT2D eigenvalue weighted by Gasteiger charge is 2.31. The fourth-order valence-electron chi connectivity index (χ4n) is 6.36. The van der Waals surface area contributed by atoms with Crippen molar-refractivity contribution in [1.29, 1.82) is 5.26 Å². The Morgan fingerprint density at radius 1 is 1.04 bits per heavy atom. The summed E-state index contributed by atoms with van der Waals surface area (Å²) < 4.78 is 21.6. The van der Waals surface area contributed by atoms with Gasteiger partial charge in [-0.05, 0) is 82.7 Å². The molecule has 12 heteroatoms. The van der Waals surface area contributed by atoms with Gasteiger partial charge in [0.1, 0.15) is 17.6 Å². The number of hydrogen-bond donors (Lipinski definition) is 2. The number of rotatable bonds is 7. The van der Waals surface area contributed by atoms with Crippen LogP contribution in [0.5, 0.6) is 0 Å². The molecule has 1 atom stereocenters. The van der Waals surface area contributed by atoms with E-state index in [2.05, 4.69) is 63.9 Å². The van der Waals surface area contributed by atoms with Gasteiger partial charge in [0.2, 0.25) is 0 Å². The summed E-state index contributed by atoms with van der Waals surface area (Å²) in [6.07, 6.45) is 7.39. The van der Waals surface area contributed by atoms with Gasteiger partial charge in [-0.15, -0.1) is 5.10 Å². The van der Waals surface area contributed by atoms with Gasteiger partial charge in [0.05, 0.1) is 45.1 Å². The molecule has 2 aromatic carbocycles. The average molecular weight is 652 g/mol. The summed E-state index contributed by atoms with van der Waals surface area (Å²) >= 11 is 12.8. The third-order valence-electron chi connectivity index (χ3n) is 8.93. The molecule has 2 aliphatic rings. The third-order valence-corrected chi connectivity index (χ3v) is 9.51. The molecular weight excluding hydrogens is 614 g/mol. The van der Waals surface area contributed by atoms with Crippen molar-refractivity contribution in [2.75, 3.05) is 36.9 Å². The summed E-state index contributed by atoms with van der Waals surface area (Å²) in [4.78, 5) is 7.00. The maximum atomic E-state index is 13.9. The number of benzene rings is 2. The summed E-state index contributed by atoms with van der Waals surface area (Å²) in [5, 5.41) is 27.2. The monoisotopic (exact) mass is 650 g/mol. The molecule has 2 saturated heterocycles. The summed E-state index contributed by atoms with van der Waals surface area (Å²) in [5.74, 6) is -0.257. The molecule has 9 nitrogen and oxygen atoms in total. The molecule has 2 fully saturated rings. The van der Waals surface area contributed by atoms with Gasteiger partial charge in [-0.25, -0.2) is 9.07 Å². The van der Waals surface area contributed by atoms with Crippen molar-refractivity contribution >= 4 is 51.2 Å². The molecule has 4 aromatic rings. The Morgan fingerprint density at radius 2 is 1.78 bits per heavy atom. The molecule has 6 rings (SSSR count). The van der Waals surface area contributed by atoms with E-state index in [1.54, 1.807) is 6.07 Å². The molecule has 0 radical (unpaired) electrons. The molecule has 0 amide bonds. The zero-order valence-corrected chi connectivity index (χ0v) is 27.2. The van der Waals surface area contributed by atoms with E-state index in [1.165, 1.54) is 18.3 Å². The molecule has 45 heavy (non-hydrogen) atoms. The number of nitrogens with one attached hydrogen (secondary N) is 2. The van der Waals surface area contributed by atoms with Crippen LogP contribution in [0.3, 0.4) is 0 Å². The predicted octanol–water partition coefficient (Wildman–Crippen LogP) is 7.90.